The number of benzene rings is 2. The Morgan fingerprint density at radius 3 is 2.76 bits per heavy atom. The van der Waals surface area contributed by atoms with Gasteiger partial charge in [-0.05, 0) is 43.7 Å². The summed E-state index contributed by atoms with van der Waals surface area (Å²) >= 11 is 0. The van der Waals surface area contributed by atoms with Crippen LogP contribution in [0.15, 0.2) is 47.0 Å². The molecule has 0 saturated heterocycles. The Kier molecular flexibility index (Phi) is 4.79. The van der Waals surface area contributed by atoms with Gasteiger partial charge in [0.15, 0.2) is 0 Å². The molecule has 0 bridgehead atoms. The second-order valence-corrected chi connectivity index (χ2v) is 5.75. The van der Waals surface area contributed by atoms with Gasteiger partial charge in [-0.1, -0.05) is 28.9 Å². The van der Waals surface area contributed by atoms with E-state index >= 15 is 0 Å². The predicted octanol–water partition coefficient (Wildman–Crippen LogP) is 3.29. The Bertz CT molecular complexity index is 902. The summed E-state index contributed by atoms with van der Waals surface area (Å²) in [5.74, 6) is 1.40. The number of nitrogens with zero attached hydrogens (tertiary/aromatic N) is 2. The predicted molar refractivity (Wildman–Crippen MR) is 93.4 cm³/mol. The van der Waals surface area contributed by atoms with Gasteiger partial charge < -0.3 is 14.6 Å². The fourth-order valence-corrected chi connectivity index (χ4v) is 2.51. The van der Waals surface area contributed by atoms with E-state index in [0.29, 0.717) is 17.3 Å². The van der Waals surface area contributed by atoms with E-state index in [2.05, 4.69) is 15.5 Å². The number of aromatic nitrogens is 2. The van der Waals surface area contributed by atoms with Crippen molar-refractivity contribution in [3.8, 4) is 17.1 Å². The zero-order chi connectivity index (χ0) is 17.8. The molecule has 0 aliphatic heterocycles. The van der Waals surface area contributed by atoms with Gasteiger partial charge in [-0.25, -0.2) is 0 Å². The molecule has 1 N–H and O–H groups in total. The number of hydrogen-bond donors (Lipinski definition) is 1. The number of ether oxygens (including phenoxy) is 1. The molecule has 3 aromatic rings. The molecule has 1 aromatic heterocycles. The Morgan fingerprint density at radius 1 is 1.20 bits per heavy atom. The number of rotatable bonds is 5. The van der Waals surface area contributed by atoms with Crippen LogP contribution in [0.5, 0.6) is 5.75 Å². The summed E-state index contributed by atoms with van der Waals surface area (Å²) in [7, 11) is 1.60. The lowest BCUT2D eigenvalue weighted by Gasteiger charge is -2.07. The Balaban J connectivity index is 1.66. The fourth-order valence-electron chi connectivity index (χ4n) is 2.51. The third kappa shape index (κ3) is 3.85. The van der Waals surface area contributed by atoms with E-state index in [1.54, 1.807) is 25.3 Å². The zero-order valence-corrected chi connectivity index (χ0v) is 14.4. The average Bonchev–Trinajstić information content (AvgIpc) is 3.08. The number of carbonyl (C=O) groups is 1. The first-order chi connectivity index (χ1) is 12.1. The molecule has 6 heteroatoms. The first-order valence-corrected chi connectivity index (χ1v) is 7.89. The largest absolute Gasteiger partial charge is 0.496 e. The molecule has 0 aliphatic rings. The van der Waals surface area contributed by atoms with Gasteiger partial charge in [-0.15, -0.1) is 0 Å². The average molecular weight is 337 g/mol. The van der Waals surface area contributed by atoms with E-state index in [1.807, 2.05) is 38.1 Å². The minimum atomic E-state index is -0.207. The summed E-state index contributed by atoms with van der Waals surface area (Å²) in [6.07, 6.45) is 0. The van der Waals surface area contributed by atoms with Crippen molar-refractivity contribution in [1.29, 1.82) is 0 Å². The van der Waals surface area contributed by atoms with Crippen molar-refractivity contribution >= 4 is 5.91 Å². The maximum atomic E-state index is 12.2. The van der Waals surface area contributed by atoms with Gasteiger partial charge in [0.05, 0.1) is 13.7 Å². The van der Waals surface area contributed by atoms with E-state index in [1.165, 1.54) is 0 Å². The SMILES string of the molecule is COc1ccc(C(=O)NCc2nc(-c3cccc(C)c3)no2)cc1C. The number of carbonyl (C=O) groups excluding carboxylic acids is 1. The van der Waals surface area contributed by atoms with Crippen LogP contribution in [0.3, 0.4) is 0 Å². The highest BCUT2D eigenvalue weighted by Crippen LogP contribution is 2.19. The third-order valence-corrected chi connectivity index (χ3v) is 3.80. The van der Waals surface area contributed by atoms with Crippen molar-refractivity contribution in [1.82, 2.24) is 15.5 Å². The highest BCUT2D eigenvalue weighted by atomic mass is 16.5. The van der Waals surface area contributed by atoms with Crippen LogP contribution in [0.4, 0.5) is 0 Å². The van der Waals surface area contributed by atoms with Crippen LogP contribution in [0.25, 0.3) is 11.4 Å². The first-order valence-electron chi connectivity index (χ1n) is 7.89. The van der Waals surface area contributed by atoms with Gasteiger partial charge in [0.1, 0.15) is 5.75 Å². The van der Waals surface area contributed by atoms with E-state index in [4.69, 9.17) is 9.26 Å². The molecular weight excluding hydrogens is 318 g/mol. The van der Waals surface area contributed by atoms with E-state index in [-0.39, 0.29) is 12.5 Å². The monoisotopic (exact) mass is 337 g/mol. The molecule has 0 fully saturated rings. The molecule has 25 heavy (non-hydrogen) atoms. The van der Waals surface area contributed by atoms with Crippen molar-refractivity contribution in [3.05, 3.63) is 65.0 Å². The quantitative estimate of drug-likeness (QED) is 0.773. The maximum absolute atomic E-state index is 12.2. The van der Waals surface area contributed by atoms with Gasteiger partial charge in [0.25, 0.3) is 5.91 Å². The normalized spacial score (nSPS) is 10.5. The van der Waals surface area contributed by atoms with Gasteiger partial charge in [0.2, 0.25) is 11.7 Å². The highest BCUT2D eigenvalue weighted by molar-refractivity contribution is 5.94. The van der Waals surface area contributed by atoms with Crippen LogP contribution in [-0.4, -0.2) is 23.2 Å². The maximum Gasteiger partial charge on any atom is 0.251 e. The van der Waals surface area contributed by atoms with Crippen molar-refractivity contribution in [3.63, 3.8) is 0 Å². The van der Waals surface area contributed by atoms with E-state index < -0.39 is 0 Å². The number of hydrogen-bond acceptors (Lipinski definition) is 5. The van der Waals surface area contributed by atoms with Crippen LogP contribution in [-0.2, 0) is 6.54 Å². The number of amides is 1. The zero-order valence-electron chi connectivity index (χ0n) is 14.4. The Labute approximate surface area is 145 Å². The molecule has 0 radical (unpaired) electrons. The summed E-state index contributed by atoms with van der Waals surface area (Å²) in [5, 5.41) is 6.74. The number of aryl methyl sites for hydroxylation is 2. The van der Waals surface area contributed by atoms with Crippen molar-refractivity contribution in [2.75, 3.05) is 7.11 Å². The van der Waals surface area contributed by atoms with Gasteiger partial charge in [0, 0.05) is 11.1 Å². The summed E-state index contributed by atoms with van der Waals surface area (Å²) < 4.78 is 10.4. The molecule has 2 aromatic carbocycles. The Hall–Kier alpha value is -3.15. The summed E-state index contributed by atoms with van der Waals surface area (Å²) in [4.78, 5) is 16.6. The topological polar surface area (TPSA) is 77.2 Å². The minimum absolute atomic E-state index is 0.169. The summed E-state index contributed by atoms with van der Waals surface area (Å²) in [6.45, 7) is 4.06. The molecule has 0 atom stereocenters. The summed E-state index contributed by atoms with van der Waals surface area (Å²) in [6, 6.07) is 13.1. The molecule has 3 rings (SSSR count). The fraction of sp³-hybridized carbons (Fsp3) is 0.211. The van der Waals surface area contributed by atoms with Crippen LogP contribution < -0.4 is 10.1 Å². The lowest BCUT2D eigenvalue weighted by atomic mass is 10.1. The molecular formula is C19H19N3O3. The van der Waals surface area contributed by atoms with Crippen LogP contribution in [0, 0.1) is 13.8 Å². The number of methoxy groups -OCH3 is 1. The first kappa shape index (κ1) is 16.7. The van der Waals surface area contributed by atoms with E-state index in [0.717, 1.165) is 22.4 Å². The van der Waals surface area contributed by atoms with Gasteiger partial charge in [-0.3, -0.25) is 4.79 Å². The molecule has 6 nitrogen and oxygen atoms in total. The van der Waals surface area contributed by atoms with Gasteiger partial charge in [-0.2, -0.15) is 4.98 Å². The third-order valence-electron chi connectivity index (χ3n) is 3.80. The van der Waals surface area contributed by atoms with Crippen molar-refractivity contribution < 1.29 is 14.1 Å². The molecule has 1 amide bonds. The van der Waals surface area contributed by atoms with Crippen LogP contribution in [0.1, 0.15) is 27.4 Å². The number of nitrogens with one attached hydrogen (secondary N) is 1. The van der Waals surface area contributed by atoms with Crippen molar-refractivity contribution in [2.45, 2.75) is 20.4 Å². The molecule has 0 unspecified atom stereocenters. The molecule has 0 saturated carbocycles. The Morgan fingerprint density at radius 2 is 2.04 bits per heavy atom. The van der Waals surface area contributed by atoms with Crippen molar-refractivity contribution in [2.24, 2.45) is 0 Å². The lowest BCUT2D eigenvalue weighted by molar-refractivity contribution is 0.0946. The minimum Gasteiger partial charge on any atom is -0.496 e. The van der Waals surface area contributed by atoms with Crippen LogP contribution in [0.2, 0.25) is 0 Å². The summed E-state index contributed by atoms with van der Waals surface area (Å²) in [5.41, 5.74) is 3.45. The smallest absolute Gasteiger partial charge is 0.251 e. The van der Waals surface area contributed by atoms with Crippen LogP contribution >= 0.6 is 0 Å². The van der Waals surface area contributed by atoms with E-state index in [9.17, 15) is 4.79 Å². The second-order valence-electron chi connectivity index (χ2n) is 5.75. The second kappa shape index (κ2) is 7.17. The van der Waals surface area contributed by atoms with Gasteiger partial charge >= 0.3 is 0 Å². The molecule has 128 valence electrons. The lowest BCUT2D eigenvalue weighted by Crippen LogP contribution is -2.23. The molecule has 0 spiro atoms. The highest BCUT2D eigenvalue weighted by Gasteiger charge is 2.12. The molecule has 1 heterocycles. The standard InChI is InChI=1S/C19H19N3O3/c1-12-5-4-6-14(9-12)18-21-17(25-22-18)11-20-19(23)15-7-8-16(24-3)13(2)10-15/h4-10H,11H2,1-3H3,(H,20,23). The molecule has 0 aliphatic carbocycles.